The molecule has 0 fully saturated rings. The van der Waals surface area contributed by atoms with Gasteiger partial charge in [-0.25, -0.2) is 0 Å². The summed E-state index contributed by atoms with van der Waals surface area (Å²) in [4.78, 5) is 0. The maximum atomic E-state index is 8.88. The molecule has 0 aliphatic carbocycles. The van der Waals surface area contributed by atoms with Crippen molar-refractivity contribution >= 4 is 0 Å². The van der Waals surface area contributed by atoms with Crippen molar-refractivity contribution < 1.29 is 14.9 Å². The molecule has 0 aliphatic heterocycles. The third-order valence-corrected chi connectivity index (χ3v) is 2.95. The maximum Gasteiger partial charge on any atom is 0.0887 e. The van der Waals surface area contributed by atoms with Gasteiger partial charge in [0.2, 0.25) is 0 Å². The van der Waals surface area contributed by atoms with Gasteiger partial charge in [-0.05, 0) is 57.1 Å². The molecule has 2 unspecified atom stereocenters. The fourth-order valence-electron chi connectivity index (χ4n) is 1.52. The molecule has 0 rings (SSSR count). The van der Waals surface area contributed by atoms with Gasteiger partial charge in [0.25, 0.3) is 0 Å². The molecule has 3 heteroatoms. The molecule has 120 valence electrons. The Kier molecular flexibility index (Phi) is 15.7. The Morgan fingerprint density at radius 1 is 0.850 bits per heavy atom. The molecule has 0 saturated carbocycles. The summed E-state index contributed by atoms with van der Waals surface area (Å²) in [6, 6.07) is 0. The van der Waals surface area contributed by atoms with Crippen LogP contribution in [0.2, 0.25) is 0 Å². The molecule has 0 aliphatic rings. The largest absolute Gasteiger partial charge is 0.473 e. The van der Waals surface area contributed by atoms with Gasteiger partial charge >= 0.3 is 0 Å². The van der Waals surface area contributed by atoms with Gasteiger partial charge in [0.1, 0.15) is 0 Å². The molecular formula is C17H34O3. The van der Waals surface area contributed by atoms with Crippen LogP contribution in [0.25, 0.3) is 0 Å². The zero-order valence-electron chi connectivity index (χ0n) is 14.1. The van der Waals surface area contributed by atoms with Crippen LogP contribution >= 0.6 is 0 Å². The van der Waals surface area contributed by atoms with Crippen molar-refractivity contribution in [2.75, 3.05) is 13.2 Å². The third kappa shape index (κ3) is 15.3. The summed E-state index contributed by atoms with van der Waals surface area (Å²) in [6.45, 7) is 12.7. The number of aliphatic hydroxyl groups excluding tert-OH is 2. The molecule has 0 saturated heterocycles. The first-order chi connectivity index (χ1) is 9.40. The molecule has 20 heavy (non-hydrogen) atoms. The number of rotatable bonds is 8. The summed E-state index contributed by atoms with van der Waals surface area (Å²) in [5, 5.41) is 17.8. The molecule has 0 aromatic rings. The Hall–Kier alpha value is -0.800. The van der Waals surface area contributed by atoms with Gasteiger partial charge in [-0.3, -0.25) is 0 Å². The lowest BCUT2D eigenvalue weighted by atomic mass is 9.92. The highest BCUT2D eigenvalue weighted by Crippen LogP contribution is 2.17. The topological polar surface area (TPSA) is 49.7 Å². The number of allylic oxidation sites excluding steroid dienone is 2. The molecule has 2 N–H and O–H groups in total. The molecular weight excluding hydrogens is 252 g/mol. The molecule has 0 amide bonds. The van der Waals surface area contributed by atoms with Crippen LogP contribution in [0.15, 0.2) is 23.7 Å². The fraction of sp³-hybridized carbons (Fsp3) is 0.765. The van der Waals surface area contributed by atoms with Gasteiger partial charge in [-0.15, -0.1) is 0 Å². The van der Waals surface area contributed by atoms with E-state index in [1.807, 2.05) is 27.7 Å². The predicted octanol–water partition coefficient (Wildman–Crippen LogP) is 4.26. The van der Waals surface area contributed by atoms with Gasteiger partial charge in [-0.2, -0.15) is 0 Å². The van der Waals surface area contributed by atoms with Gasteiger partial charge in [0, 0.05) is 13.2 Å². The summed E-state index contributed by atoms with van der Waals surface area (Å²) < 4.78 is 5.03. The normalized spacial score (nSPS) is 12.6. The van der Waals surface area contributed by atoms with Crippen LogP contribution in [0.3, 0.4) is 0 Å². The van der Waals surface area contributed by atoms with E-state index in [1.165, 1.54) is 11.1 Å². The molecule has 2 atom stereocenters. The molecule has 3 nitrogen and oxygen atoms in total. The van der Waals surface area contributed by atoms with Crippen LogP contribution < -0.4 is 0 Å². The Bertz CT molecular complexity index is 227. The van der Waals surface area contributed by atoms with Crippen molar-refractivity contribution in [2.45, 2.75) is 60.8 Å². The summed E-state index contributed by atoms with van der Waals surface area (Å²) in [5.41, 5.74) is 2.35. The Balaban J connectivity index is 0. The van der Waals surface area contributed by atoms with Crippen molar-refractivity contribution in [1.29, 1.82) is 0 Å². The first-order valence-corrected chi connectivity index (χ1v) is 7.54. The van der Waals surface area contributed by atoms with Crippen molar-refractivity contribution in [2.24, 2.45) is 11.8 Å². The number of hydrogen-bond acceptors (Lipinski definition) is 3. The first kappa shape index (κ1) is 21.5. The van der Waals surface area contributed by atoms with E-state index in [0.717, 1.165) is 19.3 Å². The van der Waals surface area contributed by atoms with Gasteiger partial charge < -0.3 is 14.9 Å². The van der Waals surface area contributed by atoms with Gasteiger partial charge in [0.05, 0.1) is 12.5 Å². The second-order valence-electron chi connectivity index (χ2n) is 5.68. The third-order valence-electron chi connectivity index (χ3n) is 2.95. The SMILES string of the molecule is CC(C)=COC=C(C)C.CCC(CO)CC(CC)CO. The van der Waals surface area contributed by atoms with E-state index >= 15 is 0 Å². The van der Waals surface area contributed by atoms with Crippen molar-refractivity contribution in [1.82, 2.24) is 0 Å². The van der Waals surface area contributed by atoms with Crippen LogP contribution in [0.5, 0.6) is 0 Å². The molecule has 0 spiro atoms. The summed E-state index contributed by atoms with van der Waals surface area (Å²) >= 11 is 0. The summed E-state index contributed by atoms with van der Waals surface area (Å²) in [7, 11) is 0. The van der Waals surface area contributed by atoms with Crippen LogP contribution in [-0.4, -0.2) is 23.4 Å². The molecule has 0 heterocycles. The quantitative estimate of drug-likeness (QED) is 0.655. The highest BCUT2D eigenvalue weighted by Gasteiger charge is 2.11. The van der Waals surface area contributed by atoms with Crippen LogP contribution in [0, 0.1) is 11.8 Å². The van der Waals surface area contributed by atoms with E-state index in [-0.39, 0.29) is 13.2 Å². The second-order valence-corrected chi connectivity index (χ2v) is 5.68. The maximum absolute atomic E-state index is 8.88. The van der Waals surface area contributed by atoms with Crippen LogP contribution in [0.1, 0.15) is 60.8 Å². The fourth-order valence-corrected chi connectivity index (χ4v) is 1.52. The summed E-state index contributed by atoms with van der Waals surface area (Å²) in [5.74, 6) is 0.763. The number of ether oxygens (including phenoxy) is 1. The van der Waals surface area contributed by atoms with Gasteiger partial charge in [-0.1, -0.05) is 26.7 Å². The van der Waals surface area contributed by atoms with Crippen molar-refractivity contribution in [3.63, 3.8) is 0 Å². The highest BCUT2D eigenvalue weighted by molar-refractivity contribution is 4.92. The van der Waals surface area contributed by atoms with E-state index in [9.17, 15) is 0 Å². The lowest BCUT2D eigenvalue weighted by Gasteiger charge is -2.17. The zero-order chi connectivity index (χ0) is 16.0. The lowest BCUT2D eigenvalue weighted by Crippen LogP contribution is -2.14. The van der Waals surface area contributed by atoms with Crippen LogP contribution in [-0.2, 0) is 4.74 Å². The minimum absolute atomic E-state index is 0.257. The standard InChI is InChI=1S/C9H20O2.C8H14O/c1-3-8(6-10)5-9(4-2)7-11;1-7(2)5-9-6-8(3)4/h8-11H,3-7H2,1-2H3;5-6H,1-4H3. The summed E-state index contributed by atoms with van der Waals surface area (Å²) in [6.07, 6.45) is 6.43. The number of hydrogen-bond donors (Lipinski definition) is 2. The Morgan fingerprint density at radius 3 is 1.40 bits per heavy atom. The molecule has 0 bridgehead atoms. The first-order valence-electron chi connectivity index (χ1n) is 7.54. The highest BCUT2D eigenvalue weighted by atomic mass is 16.5. The Morgan fingerprint density at radius 2 is 1.20 bits per heavy atom. The monoisotopic (exact) mass is 286 g/mol. The van der Waals surface area contributed by atoms with Crippen molar-refractivity contribution in [3.05, 3.63) is 23.7 Å². The van der Waals surface area contributed by atoms with Crippen LogP contribution in [0.4, 0.5) is 0 Å². The van der Waals surface area contributed by atoms with E-state index in [1.54, 1.807) is 12.5 Å². The van der Waals surface area contributed by atoms with E-state index in [2.05, 4.69) is 13.8 Å². The minimum atomic E-state index is 0.257. The predicted molar refractivity (Wildman–Crippen MR) is 86.3 cm³/mol. The molecule has 0 radical (unpaired) electrons. The average Bonchev–Trinajstić information content (AvgIpc) is 2.40. The smallest absolute Gasteiger partial charge is 0.0887 e. The van der Waals surface area contributed by atoms with Gasteiger partial charge in [0.15, 0.2) is 0 Å². The number of aliphatic hydroxyl groups is 2. The minimum Gasteiger partial charge on any atom is -0.473 e. The molecule has 0 aromatic carbocycles. The van der Waals surface area contributed by atoms with E-state index in [4.69, 9.17) is 14.9 Å². The zero-order valence-corrected chi connectivity index (χ0v) is 14.1. The Labute approximate surface area is 125 Å². The van der Waals surface area contributed by atoms with Crippen molar-refractivity contribution in [3.8, 4) is 0 Å². The van der Waals surface area contributed by atoms with E-state index in [0.29, 0.717) is 11.8 Å². The average molecular weight is 286 g/mol. The molecule has 0 aromatic heterocycles. The second kappa shape index (κ2) is 14.6. The lowest BCUT2D eigenvalue weighted by molar-refractivity contribution is 0.156. The van der Waals surface area contributed by atoms with E-state index < -0.39 is 0 Å².